The van der Waals surface area contributed by atoms with Gasteiger partial charge < -0.3 is 19.9 Å². The zero-order valence-corrected chi connectivity index (χ0v) is 18.8. The Labute approximate surface area is 192 Å². The molecule has 2 N–H and O–H groups in total. The number of pyridine rings is 3. The van der Waals surface area contributed by atoms with Crippen LogP contribution in [0.25, 0.3) is 22.2 Å². The SMILES string of the molecule is CC(C)c1cccc(-c2cc3cc[nH]c(=O)c3c(Nc3ccc(N4CCOCC4)cc3)n2)n1. The molecule has 0 saturated carbocycles. The monoisotopic (exact) mass is 441 g/mol. The molecule has 33 heavy (non-hydrogen) atoms. The molecule has 168 valence electrons. The van der Waals surface area contributed by atoms with Crippen LogP contribution in [0.5, 0.6) is 0 Å². The minimum Gasteiger partial charge on any atom is -0.378 e. The fourth-order valence-electron chi connectivity index (χ4n) is 4.07. The highest BCUT2D eigenvalue weighted by Gasteiger charge is 2.14. The molecule has 0 amide bonds. The molecule has 1 aliphatic rings. The van der Waals surface area contributed by atoms with Crippen molar-refractivity contribution in [2.45, 2.75) is 19.8 Å². The summed E-state index contributed by atoms with van der Waals surface area (Å²) in [4.78, 5) is 27.4. The molecule has 0 bridgehead atoms. The largest absolute Gasteiger partial charge is 0.378 e. The zero-order valence-electron chi connectivity index (χ0n) is 18.8. The highest BCUT2D eigenvalue weighted by atomic mass is 16.5. The highest BCUT2D eigenvalue weighted by Crippen LogP contribution is 2.28. The molecule has 1 saturated heterocycles. The standard InChI is InChI=1S/C26H27N5O2/c1-17(2)21-4-3-5-22(29-21)23-16-18-10-11-27-26(32)24(18)25(30-23)28-19-6-8-20(9-7-19)31-12-14-33-15-13-31/h3-11,16-17H,12-15H2,1-2H3,(H,27,32)(H,28,30). The summed E-state index contributed by atoms with van der Waals surface area (Å²) in [5.74, 6) is 0.830. The third-order valence-corrected chi connectivity index (χ3v) is 5.89. The van der Waals surface area contributed by atoms with Crippen molar-refractivity contribution in [1.29, 1.82) is 0 Å². The van der Waals surface area contributed by atoms with E-state index in [2.05, 4.69) is 41.2 Å². The second kappa shape index (κ2) is 9.03. The van der Waals surface area contributed by atoms with Crippen molar-refractivity contribution in [2.75, 3.05) is 36.5 Å². The Morgan fingerprint density at radius 2 is 1.79 bits per heavy atom. The highest BCUT2D eigenvalue weighted by molar-refractivity contribution is 5.95. The minimum absolute atomic E-state index is 0.178. The van der Waals surface area contributed by atoms with Crippen molar-refractivity contribution in [3.8, 4) is 11.4 Å². The van der Waals surface area contributed by atoms with E-state index >= 15 is 0 Å². The average Bonchev–Trinajstić information content (AvgIpc) is 2.85. The third-order valence-electron chi connectivity index (χ3n) is 5.89. The van der Waals surface area contributed by atoms with Crippen LogP contribution in [0.1, 0.15) is 25.5 Å². The lowest BCUT2D eigenvalue weighted by atomic mass is 10.1. The molecule has 5 rings (SSSR count). The number of H-pyrrole nitrogens is 1. The number of nitrogens with zero attached hydrogens (tertiary/aromatic N) is 3. The lowest BCUT2D eigenvalue weighted by molar-refractivity contribution is 0.122. The van der Waals surface area contributed by atoms with Crippen LogP contribution >= 0.6 is 0 Å². The number of hydrogen-bond donors (Lipinski definition) is 2. The molecule has 1 aromatic carbocycles. The summed E-state index contributed by atoms with van der Waals surface area (Å²) in [7, 11) is 0. The Kier molecular flexibility index (Phi) is 5.79. The van der Waals surface area contributed by atoms with E-state index in [0.717, 1.165) is 60.1 Å². The zero-order chi connectivity index (χ0) is 22.8. The predicted octanol–water partition coefficient (Wildman–Crippen LogP) is 4.69. The van der Waals surface area contributed by atoms with Crippen LogP contribution < -0.4 is 15.8 Å². The summed E-state index contributed by atoms with van der Waals surface area (Å²) < 4.78 is 5.44. The van der Waals surface area contributed by atoms with Crippen LogP contribution in [-0.4, -0.2) is 41.3 Å². The van der Waals surface area contributed by atoms with Crippen LogP contribution in [0, 0.1) is 0 Å². The topological polar surface area (TPSA) is 83.1 Å². The van der Waals surface area contributed by atoms with Crippen LogP contribution in [0.15, 0.2) is 65.6 Å². The van der Waals surface area contributed by atoms with E-state index in [1.54, 1.807) is 6.20 Å². The Hall–Kier alpha value is -3.71. The van der Waals surface area contributed by atoms with E-state index in [9.17, 15) is 4.79 Å². The normalized spacial score (nSPS) is 14.1. The molecule has 3 aromatic heterocycles. The molecular weight excluding hydrogens is 414 g/mol. The first-order chi connectivity index (χ1) is 16.1. The molecule has 0 aliphatic carbocycles. The van der Waals surface area contributed by atoms with Gasteiger partial charge in [-0.15, -0.1) is 0 Å². The maximum Gasteiger partial charge on any atom is 0.259 e. The number of benzene rings is 1. The van der Waals surface area contributed by atoms with Gasteiger partial charge in [0.05, 0.1) is 30.0 Å². The smallest absolute Gasteiger partial charge is 0.259 e. The summed E-state index contributed by atoms with van der Waals surface area (Å²) >= 11 is 0. The molecule has 1 fully saturated rings. The molecule has 7 heteroatoms. The lowest BCUT2D eigenvalue weighted by Gasteiger charge is -2.28. The first-order valence-corrected chi connectivity index (χ1v) is 11.3. The number of rotatable bonds is 5. The first-order valence-electron chi connectivity index (χ1n) is 11.3. The second-order valence-electron chi connectivity index (χ2n) is 8.50. The molecule has 1 aliphatic heterocycles. The van der Waals surface area contributed by atoms with E-state index in [-0.39, 0.29) is 5.56 Å². The Morgan fingerprint density at radius 1 is 1.00 bits per heavy atom. The van der Waals surface area contributed by atoms with Crippen molar-refractivity contribution in [1.82, 2.24) is 15.0 Å². The van der Waals surface area contributed by atoms with Crippen molar-refractivity contribution in [3.05, 3.63) is 76.8 Å². The number of fused-ring (bicyclic) bond motifs is 1. The van der Waals surface area contributed by atoms with Gasteiger partial charge in [-0.2, -0.15) is 0 Å². The summed E-state index contributed by atoms with van der Waals surface area (Å²) in [5, 5.41) is 4.70. The molecule has 0 radical (unpaired) electrons. The van der Waals surface area contributed by atoms with E-state index < -0.39 is 0 Å². The number of aromatic nitrogens is 3. The van der Waals surface area contributed by atoms with Gasteiger partial charge in [-0.25, -0.2) is 4.98 Å². The van der Waals surface area contributed by atoms with Gasteiger partial charge in [-0.1, -0.05) is 19.9 Å². The molecule has 7 nitrogen and oxygen atoms in total. The molecule has 4 aromatic rings. The molecule has 0 atom stereocenters. The van der Waals surface area contributed by atoms with Gasteiger partial charge in [-0.3, -0.25) is 9.78 Å². The van der Waals surface area contributed by atoms with E-state index in [1.807, 2.05) is 42.5 Å². The first kappa shape index (κ1) is 21.2. The van der Waals surface area contributed by atoms with Crippen molar-refractivity contribution >= 4 is 28.0 Å². The number of hydrogen-bond acceptors (Lipinski definition) is 6. The van der Waals surface area contributed by atoms with Crippen LogP contribution in [0.2, 0.25) is 0 Å². The molecule has 0 spiro atoms. The van der Waals surface area contributed by atoms with Gasteiger partial charge >= 0.3 is 0 Å². The Morgan fingerprint density at radius 3 is 2.55 bits per heavy atom. The Bertz CT molecular complexity index is 1320. The van der Waals surface area contributed by atoms with Gasteiger partial charge in [0.2, 0.25) is 0 Å². The summed E-state index contributed by atoms with van der Waals surface area (Å²) in [6, 6.07) is 18.0. The number of morpholine rings is 1. The molecular formula is C26H27N5O2. The van der Waals surface area contributed by atoms with Gasteiger partial charge in [0, 0.05) is 36.4 Å². The van der Waals surface area contributed by atoms with Crippen LogP contribution in [0.3, 0.4) is 0 Å². The van der Waals surface area contributed by atoms with E-state index in [1.165, 1.54) is 0 Å². The number of ether oxygens (including phenoxy) is 1. The number of aromatic amines is 1. The van der Waals surface area contributed by atoms with Crippen molar-refractivity contribution < 1.29 is 4.74 Å². The molecule has 4 heterocycles. The second-order valence-corrected chi connectivity index (χ2v) is 8.50. The van der Waals surface area contributed by atoms with Gasteiger partial charge in [0.1, 0.15) is 5.82 Å². The van der Waals surface area contributed by atoms with Crippen molar-refractivity contribution in [2.24, 2.45) is 0 Å². The summed E-state index contributed by atoms with van der Waals surface area (Å²) in [5.41, 5.74) is 4.36. The average molecular weight is 442 g/mol. The third kappa shape index (κ3) is 4.45. The van der Waals surface area contributed by atoms with Crippen LogP contribution in [-0.2, 0) is 4.74 Å². The predicted molar refractivity (Wildman–Crippen MR) is 132 cm³/mol. The lowest BCUT2D eigenvalue weighted by Crippen LogP contribution is -2.36. The van der Waals surface area contributed by atoms with Gasteiger partial charge in [0.25, 0.3) is 5.56 Å². The van der Waals surface area contributed by atoms with Gasteiger partial charge in [0.15, 0.2) is 0 Å². The van der Waals surface area contributed by atoms with Crippen molar-refractivity contribution in [3.63, 3.8) is 0 Å². The fraction of sp³-hybridized carbons (Fsp3) is 0.269. The summed E-state index contributed by atoms with van der Waals surface area (Å²) in [6.07, 6.45) is 1.66. The number of nitrogens with one attached hydrogen (secondary N) is 2. The van der Waals surface area contributed by atoms with E-state index in [4.69, 9.17) is 14.7 Å². The van der Waals surface area contributed by atoms with E-state index in [0.29, 0.717) is 17.1 Å². The molecule has 0 unspecified atom stereocenters. The number of anilines is 3. The van der Waals surface area contributed by atoms with Gasteiger partial charge in [-0.05, 0) is 59.8 Å². The quantitative estimate of drug-likeness (QED) is 0.468. The summed E-state index contributed by atoms with van der Waals surface area (Å²) in [6.45, 7) is 7.51. The fourth-order valence-corrected chi connectivity index (χ4v) is 4.07. The Balaban J connectivity index is 1.53. The van der Waals surface area contributed by atoms with Crippen LogP contribution in [0.4, 0.5) is 17.2 Å². The minimum atomic E-state index is -0.178. The maximum absolute atomic E-state index is 12.7. The maximum atomic E-state index is 12.7.